The average molecular weight is 360 g/mol. The summed E-state index contributed by atoms with van der Waals surface area (Å²) in [4.78, 5) is 23.7. The Morgan fingerprint density at radius 3 is 2.63 bits per heavy atom. The molecular formula is C21H16N2O4. The van der Waals surface area contributed by atoms with E-state index < -0.39 is 5.97 Å². The number of carbonyl (C=O) groups is 2. The number of furan rings is 1. The first kappa shape index (κ1) is 17.9. The molecule has 0 radical (unpaired) electrons. The summed E-state index contributed by atoms with van der Waals surface area (Å²) < 4.78 is 10.3. The second kappa shape index (κ2) is 8.96. The van der Waals surface area contributed by atoms with Crippen molar-refractivity contribution in [3.63, 3.8) is 0 Å². The Balaban J connectivity index is 1.56. The molecule has 1 N–H and O–H groups in total. The van der Waals surface area contributed by atoms with Crippen LogP contribution < -0.4 is 10.2 Å². The average Bonchev–Trinajstić information content (AvgIpc) is 3.21. The van der Waals surface area contributed by atoms with E-state index in [4.69, 9.17) is 9.15 Å². The highest BCUT2D eigenvalue weighted by Crippen LogP contribution is 2.13. The van der Waals surface area contributed by atoms with Crippen LogP contribution in [-0.4, -0.2) is 18.1 Å². The monoisotopic (exact) mass is 360 g/mol. The summed E-state index contributed by atoms with van der Waals surface area (Å²) in [6.07, 6.45) is 5.79. The standard InChI is InChI=1S/C21H16N2O4/c24-20(12-11-18-10-5-13-26-18)27-19-9-4-6-16(14-19)15-22-23-21(25)17-7-2-1-3-8-17/h1-15H,(H,23,25)/b12-11+,22-15+. The number of nitrogens with zero attached hydrogens (tertiary/aromatic N) is 1. The molecule has 6 nitrogen and oxygen atoms in total. The lowest BCUT2D eigenvalue weighted by Gasteiger charge is -2.02. The smallest absolute Gasteiger partial charge is 0.336 e. The Hall–Kier alpha value is -3.93. The van der Waals surface area contributed by atoms with Gasteiger partial charge in [0.1, 0.15) is 11.5 Å². The highest BCUT2D eigenvalue weighted by molar-refractivity contribution is 5.94. The van der Waals surface area contributed by atoms with Crippen molar-refractivity contribution in [3.8, 4) is 5.75 Å². The van der Waals surface area contributed by atoms with Crippen LogP contribution in [0.2, 0.25) is 0 Å². The maximum Gasteiger partial charge on any atom is 0.336 e. The fourth-order valence-corrected chi connectivity index (χ4v) is 2.16. The molecule has 1 heterocycles. The third-order valence-electron chi connectivity index (χ3n) is 3.42. The van der Waals surface area contributed by atoms with Crippen molar-refractivity contribution >= 4 is 24.2 Å². The summed E-state index contributed by atoms with van der Waals surface area (Å²) in [7, 11) is 0. The molecule has 134 valence electrons. The van der Waals surface area contributed by atoms with E-state index in [-0.39, 0.29) is 5.91 Å². The molecule has 6 heteroatoms. The van der Waals surface area contributed by atoms with Crippen molar-refractivity contribution < 1.29 is 18.7 Å². The number of nitrogens with one attached hydrogen (secondary N) is 1. The molecule has 0 aliphatic carbocycles. The molecule has 0 spiro atoms. The number of benzene rings is 2. The fraction of sp³-hybridized carbons (Fsp3) is 0. The zero-order chi connectivity index (χ0) is 18.9. The van der Waals surface area contributed by atoms with Crippen LogP contribution in [0.25, 0.3) is 6.08 Å². The lowest BCUT2D eigenvalue weighted by Crippen LogP contribution is -2.17. The van der Waals surface area contributed by atoms with Crippen molar-refractivity contribution in [3.05, 3.63) is 96.0 Å². The van der Waals surface area contributed by atoms with Crippen LogP contribution >= 0.6 is 0 Å². The molecule has 1 amide bonds. The highest BCUT2D eigenvalue weighted by Gasteiger charge is 2.03. The van der Waals surface area contributed by atoms with Crippen LogP contribution in [0.5, 0.6) is 5.75 Å². The lowest BCUT2D eigenvalue weighted by molar-refractivity contribution is -0.128. The summed E-state index contributed by atoms with van der Waals surface area (Å²) in [6.45, 7) is 0. The molecule has 0 saturated carbocycles. The Labute approximate surface area is 155 Å². The molecule has 0 aliphatic heterocycles. The van der Waals surface area contributed by atoms with E-state index >= 15 is 0 Å². The predicted octanol–water partition coefficient (Wildman–Crippen LogP) is 3.66. The molecule has 0 fully saturated rings. The van der Waals surface area contributed by atoms with Crippen molar-refractivity contribution in [1.29, 1.82) is 0 Å². The van der Waals surface area contributed by atoms with Crippen LogP contribution in [-0.2, 0) is 4.79 Å². The van der Waals surface area contributed by atoms with Crippen molar-refractivity contribution in [2.75, 3.05) is 0 Å². The maximum absolute atomic E-state index is 11.9. The largest absolute Gasteiger partial charge is 0.465 e. The number of amides is 1. The van der Waals surface area contributed by atoms with E-state index in [9.17, 15) is 9.59 Å². The van der Waals surface area contributed by atoms with Gasteiger partial charge >= 0.3 is 5.97 Å². The molecule has 1 aromatic heterocycles. The normalized spacial score (nSPS) is 11.0. The number of ether oxygens (including phenoxy) is 1. The zero-order valence-corrected chi connectivity index (χ0v) is 14.2. The summed E-state index contributed by atoms with van der Waals surface area (Å²) in [5, 5.41) is 3.92. The summed E-state index contributed by atoms with van der Waals surface area (Å²) in [5.74, 6) is 0.0831. The summed E-state index contributed by atoms with van der Waals surface area (Å²) >= 11 is 0. The van der Waals surface area contributed by atoms with Gasteiger partial charge in [-0.25, -0.2) is 10.2 Å². The topological polar surface area (TPSA) is 80.9 Å². The first-order chi connectivity index (χ1) is 13.2. The summed E-state index contributed by atoms with van der Waals surface area (Å²) in [6, 6.07) is 19.0. The minimum atomic E-state index is -0.530. The molecule has 0 atom stereocenters. The molecule has 0 bridgehead atoms. The van der Waals surface area contributed by atoms with Gasteiger partial charge < -0.3 is 9.15 Å². The van der Waals surface area contributed by atoms with Crippen LogP contribution in [0.4, 0.5) is 0 Å². The van der Waals surface area contributed by atoms with Gasteiger partial charge in [0, 0.05) is 11.6 Å². The van der Waals surface area contributed by atoms with E-state index in [1.807, 2.05) is 6.07 Å². The number of hydrogen-bond acceptors (Lipinski definition) is 5. The lowest BCUT2D eigenvalue weighted by atomic mass is 10.2. The van der Waals surface area contributed by atoms with Gasteiger partial charge in [-0.05, 0) is 48.0 Å². The Morgan fingerprint density at radius 2 is 1.85 bits per heavy atom. The maximum atomic E-state index is 11.9. The van der Waals surface area contributed by atoms with Crippen molar-refractivity contribution in [2.45, 2.75) is 0 Å². The Morgan fingerprint density at radius 1 is 1.00 bits per heavy atom. The number of carbonyl (C=O) groups excluding carboxylic acids is 2. The number of hydrogen-bond donors (Lipinski definition) is 1. The molecule has 27 heavy (non-hydrogen) atoms. The zero-order valence-electron chi connectivity index (χ0n) is 14.2. The van der Waals surface area contributed by atoms with Crippen LogP contribution in [0.3, 0.4) is 0 Å². The first-order valence-corrected chi connectivity index (χ1v) is 8.12. The second-order valence-corrected chi connectivity index (χ2v) is 5.41. The molecule has 2 aromatic carbocycles. The number of esters is 1. The van der Waals surface area contributed by atoms with Gasteiger partial charge in [0.2, 0.25) is 0 Å². The van der Waals surface area contributed by atoms with Crippen LogP contribution in [0, 0.1) is 0 Å². The van der Waals surface area contributed by atoms with E-state index in [1.54, 1.807) is 60.7 Å². The van der Waals surface area contributed by atoms with Gasteiger partial charge in [0.25, 0.3) is 5.91 Å². The molecule has 0 aliphatic rings. The van der Waals surface area contributed by atoms with Gasteiger partial charge in [0.15, 0.2) is 0 Å². The Bertz CT molecular complexity index is 961. The van der Waals surface area contributed by atoms with Crippen molar-refractivity contribution in [2.24, 2.45) is 5.10 Å². The van der Waals surface area contributed by atoms with E-state index in [2.05, 4.69) is 10.5 Å². The van der Waals surface area contributed by atoms with Gasteiger partial charge in [0.05, 0.1) is 12.5 Å². The quantitative estimate of drug-likeness (QED) is 0.239. The van der Waals surface area contributed by atoms with Crippen LogP contribution in [0.15, 0.2) is 88.6 Å². The molecule has 0 saturated heterocycles. The predicted molar refractivity (Wildman–Crippen MR) is 101 cm³/mol. The number of hydrazone groups is 1. The minimum Gasteiger partial charge on any atom is -0.465 e. The fourth-order valence-electron chi connectivity index (χ4n) is 2.16. The first-order valence-electron chi connectivity index (χ1n) is 8.12. The van der Waals surface area contributed by atoms with Gasteiger partial charge in [-0.15, -0.1) is 0 Å². The second-order valence-electron chi connectivity index (χ2n) is 5.41. The van der Waals surface area contributed by atoms with E-state index in [0.717, 1.165) is 0 Å². The number of rotatable bonds is 6. The molecule has 3 aromatic rings. The molecule has 0 unspecified atom stereocenters. The molecule has 3 rings (SSSR count). The third-order valence-corrected chi connectivity index (χ3v) is 3.42. The van der Waals surface area contributed by atoms with E-state index in [0.29, 0.717) is 22.6 Å². The van der Waals surface area contributed by atoms with E-state index in [1.165, 1.54) is 24.6 Å². The third kappa shape index (κ3) is 5.54. The minimum absolute atomic E-state index is 0.308. The molecular weight excluding hydrogens is 344 g/mol. The Kier molecular flexibility index (Phi) is 5.93. The van der Waals surface area contributed by atoms with Crippen LogP contribution in [0.1, 0.15) is 21.7 Å². The van der Waals surface area contributed by atoms with Gasteiger partial charge in [-0.2, -0.15) is 5.10 Å². The SMILES string of the molecule is O=C(/C=C/c1ccco1)Oc1cccc(/C=N/NC(=O)c2ccccc2)c1. The van der Waals surface area contributed by atoms with Gasteiger partial charge in [-0.3, -0.25) is 4.79 Å². The highest BCUT2D eigenvalue weighted by atomic mass is 16.5. The van der Waals surface area contributed by atoms with Crippen molar-refractivity contribution in [1.82, 2.24) is 5.43 Å². The van der Waals surface area contributed by atoms with Gasteiger partial charge in [-0.1, -0.05) is 30.3 Å². The summed E-state index contributed by atoms with van der Waals surface area (Å²) in [5.41, 5.74) is 3.63.